The van der Waals surface area contributed by atoms with Crippen molar-refractivity contribution in [3.05, 3.63) is 34.4 Å². The quantitative estimate of drug-likeness (QED) is 0.629. The molecular weight excluding hydrogens is 212 g/mol. The zero-order chi connectivity index (χ0) is 9.19. The highest BCUT2D eigenvalue weighted by molar-refractivity contribution is 9.12. The molecule has 0 amide bonds. The van der Waals surface area contributed by atoms with Crippen molar-refractivity contribution in [2.24, 2.45) is 5.41 Å². The van der Waals surface area contributed by atoms with Gasteiger partial charge in [-0.2, -0.15) is 0 Å². The first-order chi connectivity index (χ1) is 5.57. The highest BCUT2D eigenvalue weighted by Gasteiger charge is 2.16. The number of allylic oxidation sites excluding steroid dienone is 6. The van der Waals surface area contributed by atoms with Crippen molar-refractivity contribution in [1.82, 2.24) is 0 Å². The minimum absolute atomic E-state index is 0.232. The SMILES string of the molecule is CCC1(C)C=CC=C(Br)C(C)=C1. The number of hydrogen-bond acceptors (Lipinski definition) is 0. The zero-order valence-electron chi connectivity index (χ0n) is 7.89. The van der Waals surface area contributed by atoms with E-state index in [9.17, 15) is 0 Å². The molecule has 0 aromatic rings. The predicted octanol–water partition coefficient (Wildman–Crippen LogP) is 4.20. The minimum atomic E-state index is 0.232. The fourth-order valence-electron chi connectivity index (χ4n) is 1.32. The van der Waals surface area contributed by atoms with Crippen molar-refractivity contribution in [3.8, 4) is 0 Å². The summed E-state index contributed by atoms with van der Waals surface area (Å²) in [5.74, 6) is 0. The molecule has 0 saturated heterocycles. The lowest BCUT2D eigenvalue weighted by Crippen LogP contribution is -2.07. The maximum absolute atomic E-state index is 3.53. The van der Waals surface area contributed by atoms with Gasteiger partial charge in [-0.15, -0.1) is 0 Å². The van der Waals surface area contributed by atoms with Crippen LogP contribution in [0.25, 0.3) is 0 Å². The molecule has 0 fully saturated rings. The first kappa shape index (κ1) is 9.79. The molecule has 0 saturated carbocycles. The van der Waals surface area contributed by atoms with Gasteiger partial charge in [0.2, 0.25) is 0 Å². The van der Waals surface area contributed by atoms with Crippen LogP contribution in [0, 0.1) is 5.41 Å². The molecule has 0 aliphatic heterocycles. The van der Waals surface area contributed by atoms with Crippen molar-refractivity contribution in [1.29, 1.82) is 0 Å². The van der Waals surface area contributed by atoms with Gasteiger partial charge in [0.15, 0.2) is 0 Å². The number of rotatable bonds is 1. The summed E-state index contributed by atoms with van der Waals surface area (Å²) in [6.45, 7) is 6.61. The molecule has 0 nitrogen and oxygen atoms in total. The highest BCUT2D eigenvalue weighted by atomic mass is 79.9. The second kappa shape index (κ2) is 3.61. The second-order valence-corrected chi connectivity index (χ2v) is 4.41. The Balaban J connectivity index is 3.02. The second-order valence-electron chi connectivity index (χ2n) is 3.56. The topological polar surface area (TPSA) is 0 Å². The largest absolute Gasteiger partial charge is 0.0748 e. The summed E-state index contributed by atoms with van der Waals surface area (Å²) >= 11 is 3.53. The summed E-state index contributed by atoms with van der Waals surface area (Å²) in [4.78, 5) is 0. The van der Waals surface area contributed by atoms with Crippen molar-refractivity contribution < 1.29 is 0 Å². The van der Waals surface area contributed by atoms with Gasteiger partial charge in [0.25, 0.3) is 0 Å². The molecular formula is C11H15Br. The molecule has 1 aliphatic rings. The van der Waals surface area contributed by atoms with Crippen LogP contribution in [0.1, 0.15) is 27.2 Å². The van der Waals surface area contributed by atoms with E-state index in [2.05, 4.69) is 61.0 Å². The lowest BCUT2D eigenvalue weighted by molar-refractivity contribution is 0.528. The Bertz CT molecular complexity index is 258. The standard InChI is InChI=1S/C11H15Br/c1-4-11(3)7-5-6-10(12)9(2)8-11/h5-8H,4H2,1-3H3. The molecule has 0 bridgehead atoms. The third-order valence-electron chi connectivity index (χ3n) is 2.40. The average Bonchev–Trinajstić information content (AvgIpc) is 2.14. The lowest BCUT2D eigenvalue weighted by atomic mass is 9.86. The Kier molecular flexibility index (Phi) is 2.94. The third kappa shape index (κ3) is 2.10. The minimum Gasteiger partial charge on any atom is -0.0748 e. The van der Waals surface area contributed by atoms with E-state index in [0.717, 1.165) is 6.42 Å². The maximum Gasteiger partial charge on any atom is 0.0201 e. The third-order valence-corrected chi connectivity index (χ3v) is 3.29. The first-order valence-corrected chi connectivity index (χ1v) is 5.11. The molecule has 1 atom stereocenters. The van der Waals surface area contributed by atoms with Gasteiger partial charge < -0.3 is 0 Å². The van der Waals surface area contributed by atoms with Gasteiger partial charge in [-0.05, 0) is 25.0 Å². The Morgan fingerprint density at radius 2 is 2.17 bits per heavy atom. The molecule has 12 heavy (non-hydrogen) atoms. The van der Waals surface area contributed by atoms with E-state index in [1.54, 1.807) is 0 Å². The maximum atomic E-state index is 3.53. The van der Waals surface area contributed by atoms with Crippen molar-refractivity contribution in [2.75, 3.05) is 0 Å². The van der Waals surface area contributed by atoms with Gasteiger partial charge in [0, 0.05) is 9.90 Å². The van der Waals surface area contributed by atoms with E-state index in [-0.39, 0.29) is 5.41 Å². The molecule has 0 spiro atoms. The number of hydrogen-bond donors (Lipinski definition) is 0. The molecule has 1 unspecified atom stereocenters. The van der Waals surface area contributed by atoms with Crippen LogP contribution in [-0.4, -0.2) is 0 Å². The smallest absolute Gasteiger partial charge is 0.0201 e. The lowest BCUT2D eigenvalue weighted by Gasteiger charge is -2.19. The van der Waals surface area contributed by atoms with Crippen molar-refractivity contribution in [3.63, 3.8) is 0 Å². The van der Waals surface area contributed by atoms with E-state index in [1.165, 1.54) is 10.1 Å². The van der Waals surface area contributed by atoms with Gasteiger partial charge >= 0.3 is 0 Å². The summed E-state index contributed by atoms with van der Waals surface area (Å²) in [6.07, 6.45) is 9.95. The summed E-state index contributed by atoms with van der Waals surface area (Å²) in [6, 6.07) is 0. The number of halogens is 1. The van der Waals surface area contributed by atoms with Crippen LogP contribution < -0.4 is 0 Å². The highest BCUT2D eigenvalue weighted by Crippen LogP contribution is 2.32. The molecule has 0 N–H and O–H groups in total. The molecule has 0 heterocycles. The Morgan fingerprint density at radius 3 is 2.75 bits per heavy atom. The van der Waals surface area contributed by atoms with Crippen LogP contribution in [0.5, 0.6) is 0 Å². The summed E-state index contributed by atoms with van der Waals surface area (Å²) < 4.78 is 1.19. The molecule has 1 rings (SSSR count). The van der Waals surface area contributed by atoms with E-state index >= 15 is 0 Å². The zero-order valence-corrected chi connectivity index (χ0v) is 9.48. The monoisotopic (exact) mass is 226 g/mol. The van der Waals surface area contributed by atoms with Crippen LogP contribution >= 0.6 is 15.9 Å². The van der Waals surface area contributed by atoms with E-state index in [0.29, 0.717) is 0 Å². The van der Waals surface area contributed by atoms with Crippen molar-refractivity contribution in [2.45, 2.75) is 27.2 Å². The molecule has 66 valence electrons. The van der Waals surface area contributed by atoms with E-state index < -0.39 is 0 Å². The van der Waals surface area contributed by atoms with Gasteiger partial charge in [-0.3, -0.25) is 0 Å². The Hall–Kier alpha value is -0.300. The molecule has 0 aromatic carbocycles. The Labute approximate surface area is 83.2 Å². The fourth-order valence-corrected chi connectivity index (χ4v) is 1.58. The fraction of sp³-hybridized carbons (Fsp3) is 0.455. The predicted molar refractivity (Wildman–Crippen MR) is 58.3 cm³/mol. The van der Waals surface area contributed by atoms with Gasteiger partial charge in [0.1, 0.15) is 0 Å². The van der Waals surface area contributed by atoms with Crippen LogP contribution in [0.3, 0.4) is 0 Å². The van der Waals surface area contributed by atoms with Crippen LogP contribution in [-0.2, 0) is 0 Å². The molecule has 0 radical (unpaired) electrons. The first-order valence-electron chi connectivity index (χ1n) is 4.32. The molecule has 1 heteroatoms. The summed E-state index contributed by atoms with van der Waals surface area (Å²) in [5.41, 5.74) is 1.56. The normalized spacial score (nSPS) is 29.3. The summed E-state index contributed by atoms with van der Waals surface area (Å²) in [5, 5.41) is 0. The van der Waals surface area contributed by atoms with E-state index in [1.807, 2.05) is 0 Å². The van der Waals surface area contributed by atoms with Crippen molar-refractivity contribution >= 4 is 15.9 Å². The van der Waals surface area contributed by atoms with Gasteiger partial charge in [-0.1, -0.05) is 48.0 Å². The van der Waals surface area contributed by atoms with Crippen LogP contribution in [0.2, 0.25) is 0 Å². The Morgan fingerprint density at radius 1 is 1.50 bits per heavy atom. The van der Waals surface area contributed by atoms with Gasteiger partial charge in [0.05, 0.1) is 0 Å². The van der Waals surface area contributed by atoms with Crippen LogP contribution in [0.15, 0.2) is 34.4 Å². The average molecular weight is 227 g/mol. The van der Waals surface area contributed by atoms with Crippen LogP contribution in [0.4, 0.5) is 0 Å². The van der Waals surface area contributed by atoms with E-state index in [4.69, 9.17) is 0 Å². The summed E-state index contributed by atoms with van der Waals surface area (Å²) in [7, 11) is 0. The molecule has 1 aliphatic carbocycles. The van der Waals surface area contributed by atoms with Gasteiger partial charge in [-0.25, -0.2) is 0 Å². The molecule has 0 aromatic heterocycles.